The molecule has 0 amide bonds. The number of nitrogens with zero attached hydrogens (tertiary/aromatic N) is 2. The molecule has 0 bridgehead atoms. The lowest BCUT2D eigenvalue weighted by molar-refractivity contribution is 0.392. The van der Waals surface area contributed by atoms with Gasteiger partial charge in [0, 0.05) is 5.41 Å². The Bertz CT molecular complexity index is 178. The molecule has 1 rings (SSSR count). The van der Waals surface area contributed by atoms with Crippen LogP contribution < -0.4 is 0 Å². The minimum Gasteiger partial charge on any atom is -0.427 e. The molecule has 1 aromatic rings. The topological polar surface area (TPSA) is 38.9 Å². The summed E-state index contributed by atoms with van der Waals surface area (Å²) in [5, 5.41) is 7.34. The van der Waals surface area contributed by atoms with E-state index in [-0.39, 0.29) is 17.8 Å². The van der Waals surface area contributed by atoms with E-state index in [1.54, 1.807) is 0 Å². The molecule has 3 nitrogen and oxygen atoms in total. The van der Waals surface area contributed by atoms with Crippen molar-refractivity contribution in [3.8, 4) is 0 Å². The maximum atomic E-state index is 4.98. The summed E-state index contributed by atoms with van der Waals surface area (Å²) in [6.07, 6.45) is 1.35. The van der Waals surface area contributed by atoms with E-state index in [0.717, 1.165) is 0 Å². The highest BCUT2D eigenvalue weighted by molar-refractivity contribution is 5.85. The molecule has 0 aliphatic carbocycles. The lowest BCUT2D eigenvalue weighted by atomic mass is 9.97. The largest absolute Gasteiger partial charge is 0.427 e. The molecular formula is C6H11ClN2O. The fourth-order valence-corrected chi connectivity index (χ4v) is 0.500. The Kier molecular flexibility index (Phi) is 2.84. The summed E-state index contributed by atoms with van der Waals surface area (Å²) in [4.78, 5) is 0. The summed E-state index contributed by atoms with van der Waals surface area (Å²) in [7, 11) is 0. The Morgan fingerprint density at radius 2 is 2.00 bits per heavy atom. The SMILES string of the molecule is CC(C)(C)c1nnco1.Cl. The van der Waals surface area contributed by atoms with E-state index < -0.39 is 0 Å². The highest BCUT2D eigenvalue weighted by Crippen LogP contribution is 2.17. The first-order valence-electron chi connectivity index (χ1n) is 2.87. The van der Waals surface area contributed by atoms with Gasteiger partial charge in [0.05, 0.1) is 0 Å². The van der Waals surface area contributed by atoms with Crippen molar-refractivity contribution in [1.29, 1.82) is 0 Å². The van der Waals surface area contributed by atoms with Crippen molar-refractivity contribution in [2.75, 3.05) is 0 Å². The third-order valence-electron chi connectivity index (χ3n) is 1.00. The summed E-state index contributed by atoms with van der Waals surface area (Å²) in [5.74, 6) is 0.683. The number of hydrogen-bond acceptors (Lipinski definition) is 3. The van der Waals surface area contributed by atoms with Gasteiger partial charge in [0.25, 0.3) is 0 Å². The molecule has 0 aromatic carbocycles. The number of rotatable bonds is 0. The van der Waals surface area contributed by atoms with Crippen LogP contribution in [0.5, 0.6) is 0 Å². The fraction of sp³-hybridized carbons (Fsp3) is 0.667. The molecular weight excluding hydrogens is 152 g/mol. The van der Waals surface area contributed by atoms with Crippen molar-refractivity contribution in [2.45, 2.75) is 26.2 Å². The van der Waals surface area contributed by atoms with Crippen molar-refractivity contribution in [3.05, 3.63) is 12.3 Å². The van der Waals surface area contributed by atoms with Gasteiger partial charge >= 0.3 is 0 Å². The van der Waals surface area contributed by atoms with Gasteiger partial charge in [0.15, 0.2) is 0 Å². The second-order valence-electron chi connectivity index (χ2n) is 2.99. The Morgan fingerprint density at radius 1 is 1.40 bits per heavy atom. The minimum absolute atomic E-state index is 0. The monoisotopic (exact) mass is 162 g/mol. The van der Waals surface area contributed by atoms with Crippen molar-refractivity contribution >= 4 is 12.4 Å². The first-order chi connectivity index (χ1) is 4.11. The highest BCUT2D eigenvalue weighted by atomic mass is 35.5. The molecule has 0 N–H and O–H groups in total. The molecule has 0 aliphatic heterocycles. The summed E-state index contributed by atoms with van der Waals surface area (Å²) in [6, 6.07) is 0. The van der Waals surface area contributed by atoms with Crippen LogP contribution in [0.4, 0.5) is 0 Å². The third-order valence-corrected chi connectivity index (χ3v) is 1.00. The predicted molar refractivity (Wildman–Crippen MR) is 40.2 cm³/mol. The molecule has 0 atom stereocenters. The second-order valence-corrected chi connectivity index (χ2v) is 2.99. The van der Waals surface area contributed by atoms with E-state index >= 15 is 0 Å². The summed E-state index contributed by atoms with van der Waals surface area (Å²) in [6.45, 7) is 6.08. The molecule has 0 radical (unpaired) electrons. The lowest BCUT2D eigenvalue weighted by Gasteiger charge is -2.10. The quantitative estimate of drug-likeness (QED) is 0.584. The Balaban J connectivity index is 0.000000810. The van der Waals surface area contributed by atoms with Crippen LogP contribution in [-0.4, -0.2) is 10.2 Å². The molecule has 0 aliphatic rings. The van der Waals surface area contributed by atoms with E-state index in [9.17, 15) is 0 Å². The van der Waals surface area contributed by atoms with Crippen LogP contribution in [0, 0.1) is 0 Å². The Labute approximate surface area is 66.2 Å². The number of aromatic nitrogens is 2. The minimum atomic E-state index is -0.0174. The van der Waals surface area contributed by atoms with Gasteiger partial charge in [-0.25, -0.2) is 0 Å². The van der Waals surface area contributed by atoms with Crippen molar-refractivity contribution < 1.29 is 4.42 Å². The smallest absolute Gasteiger partial charge is 0.221 e. The summed E-state index contributed by atoms with van der Waals surface area (Å²) < 4.78 is 4.98. The first kappa shape index (κ1) is 9.43. The maximum Gasteiger partial charge on any atom is 0.221 e. The lowest BCUT2D eigenvalue weighted by Crippen LogP contribution is -2.11. The van der Waals surface area contributed by atoms with Gasteiger partial charge in [-0.2, -0.15) is 0 Å². The zero-order valence-corrected chi connectivity index (χ0v) is 7.10. The number of hydrogen-bond donors (Lipinski definition) is 0. The molecule has 4 heteroatoms. The van der Waals surface area contributed by atoms with E-state index in [4.69, 9.17) is 4.42 Å². The van der Waals surface area contributed by atoms with Gasteiger partial charge in [0.2, 0.25) is 12.3 Å². The molecule has 10 heavy (non-hydrogen) atoms. The highest BCUT2D eigenvalue weighted by Gasteiger charge is 2.18. The van der Waals surface area contributed by atoms with Gasteiger partial charge in [0.1, 0.15) is 0 Å². The van der Waals surface area contributed by atoms with Crippen LogP contribution in [-0.2, 0) is 5.41 Å². The molecule has 0 spiro atoms. The fourth-order valence-electron chi connectivity index (χ4n) is 0.500. The van der Waals surface area contributed by atoms with Crippen LogP contribution in [0.15, 0.2) is 10.8 Å². The summed E-state index contributed by atoms with van der Waals surface area (Å²) >= 11 is 0. The second kappa shape index (κ2) is 3.01. The van der Waals surface area contributed by atoms with Crippen LogP contribution in [0.25, 0.3) is 0 Å². The zero-order chi connectivity index (χ0) is 6.91. The zero-order valence-electron chi connectivity index (χ0n) is 6.29. The molecule has 0 saturated heterocycles. The normalized spacial score (nSPS) is 10.7. The van der Waals surface area contributed by atoms with E-state index in [0.29, 0.717) is 5.89 Å². The van der Waals surface area contributed by atoms with E-state index in [1.165, 1.54) is 6.39 Å². The standard InChI is InChI=1S/C6H10N2O.ClH/c1-6(2,3)5-8-7-4-9-5;/h4H,1-3H3;1H. The van der Waals surface area contributed by atoms with Gasteiger partial charge < -0.3 is 4.42 Å². The van der Waals surface area contributed by atoms with Crippen LogP contribution >= 0.6 is 12.4 Å². The Hall–Kier alpha value is -0.570. The van der Waals surface area contributed by atoms with Crippen molar-refractivity contribution in [2.24, 2.45) is 0 Å². The summed E-state index contributed by atoms with van der Waals surface area (Å²) in [5.41, 5.74) is -0.0174. The van der Waals surface area contributed by atoms with Crippen LogP contribution in [0.1, 0.15) is 26.7 Å². The molecule has 0 unspecified atom stereocenters. The van der Waals surface area contributed by atoms with Gasteiger partial charge in [-0.15, -0.1) is 22.6 Å². The molecule has 0 fully saturated rings. The molecule has 58 valence electrons. The molecule has 1 heterocycles. The third kappa shape index (κ3) is 1.99. The van der Waals surface area contributed by atoms with E-state index in [2.05, 4.69) is 10.2 Å². The van der Waals surface area contributed by atoms with Gasteiger partial charge in [-0.1, -0.05) is 20.8 Å². The average Bonchev–Trinajstić information content (AvgIpc) is 2.08. The van der Waals surface area contributed by atoms with Crippen LogP contribution in [0.2, 0.25) is 0 Å². The van der Waals surface area contributed by atoms with Crippen LogP contribution in [0.3, 0.4) is 0 Å². The molecule has 0 saturated carbocycles. The maximum absolute atomic E-state index is 4.98. The predicted octanol–water partition coefficient (Wildman–Crippen LogP) is 1.79. The van der Waals surface area contributed by atoms with Gasteiger partial charge in [-0.05, 0) is 0 Å². The van der Waals surface area contributed by atoms with Crippen molar-refractivity contribution in [1.82, 2.24) is 10.2 Å². The first-order valence-corrected chi connectivity index (χ1v) is 2.87. The molecule has 1 aromatic heterocycles. The average molecular weight is 163 g/mol. The number of halogens is 1. The van der Waals surface area contributed by atoms with Gasteiger partial charge in [-0.3, -0.25) is 0 Å². The Morgan fingerprint density at radius 3 is 2.20 bits per heavy atom. The van der Waals surface area contributed by atoms with Crippen molar-refractivity contribution in [3.63, 3.8) is 0 Å². The van der Waals surface area contributed by atoms with E-state index in [1.807, 2.05) is 20.8 Å².